The van der Waals surface area contributed by atoms with Gasteiger partial charge in [-0.25, -0.2) is 0 Å². The Morgan fingerprint density at radius 1 is 0.719 bits per heavy atom. The highest BCUT2D eigenvalue weighted by Crippen LogP contribution is 2.36. The number of rotatable bonds is 6. The first-order valence-electron chi connectivity index (χ1n) is 9.59. The topological polar surface area (TPSA) is 176 Å². The second kappa shape index (κ2) is 10.9. The lowest BCUT2D eigenvalue weighted by atomic mass is 10.1. The van der Waals surface area contributed by atoms with E-state index in [1.54, 1.807) is 0 Å². The van der Waals surface area contributed by atoms with Gasteiger partial charge in [0.25, 0.3) is 10.2 Å². The van der Waals surface area contributed by atoms with Crippen molar-refractivity contribution in [3.05, 3.63) is 20.2 Å². The van der Waals surface area contributed by atoms with Gasteiger partial charge < -0.3 is 28.6 Å². The number of fused-ring (bicyclic) bond motifs is 2. The van der Waals surface area contributed by atoms with E-state index in [1.165, 1.54) is 13.8 Å². The SMILES string of the molecule is CC(=O)S[C@@H]1CO[C@H]2[C@@H]1OC[C@H]2O[N+](=O)[O-].CC(=O)S[C@H]1CO[C@H]2[C@@H]1OC[C@@H]2O[N+](=O)[O-]. The number of carbonyl (C=O) groups is 2. The van der Waals surface area contributed by atoms with Crippen molar-refractivity contribution in [1.29, 1.82) is 0 Å². The van der Waals surface area contributed by atoms with Crippen LogP contribution < -0.4 is 0 Å². The number of nitrogens with zero attached hydrogens (tertiary/aromatic N) is 2. The molecule has 0 aromatic heterocycles. The van der Waals surface area contributed by atoms with Crippen LogP contribution in [0.3, 0.4) is 0 Å². The standard InChI is InChI=1S/2C8H11NO6S/c2*1-4(10)16-6-3-14-7-5(15-9(11)12)2-13-8(6)7/h2*5-8H,2-3H2,1H3/t5-,6-,7+,8+;5-,6-,7-,8-/m01/s1. The summed E-state index contributed by atoms with van der Waals surface area (Å²) in [5, 5.41) is 18.5. The van der Waals surface area contributed by atoms with Gasteiger partial charge in [-0.3, -0.25) is 9.59 Å². The smallest absolute Gasteiger partial charge is 0.294 e. The van der Waals surface area contributed by atoms with Crippen LogP contribution in [0.25, 0.3) is 0 Å². The van der Waals surface area contributed by atoms with E-state index in [4.69, 9.17) is 18.9 Å². The summed E-state index contributed by atoms with van der Waals surface area (Å²) < 4.78 is 21.5. The molecular formula is C16H22N2O12S2. The zero-order valence-electron chi connectivity index (χ0n) is 17.1. The highest BCUT2D eigenvalue weighted by molar-refractivity contribution is 8.14. The first-order chi connectivity index (χ1) is 15.2. The van der Waals surface area contributed by atoms with Crippen molar-refractivity contribution in [3.8, 4) is 0 Å². The van der Waals surface area contributed by atoms with E-state index in [2.05, 4.69) is 9.68 Å². The summed E-state index contributed by atoms with van der Waals surface area (Å²) in [5.74, 6) is 0. The molecule has 4 rings (SSSR count). The van der Waals surface area contributed by atoms with Gasteiger partial charge in [0.05, 0.1) is 36.9 Å². The third-order valence-electron chi connectivity index (χ3n) is 5.00. The maximum Gasteiger partial charge on any atom is 0.294 e. The molecule has 14 nitrogen and oxygen atoms in total. The van der Waals surface area contributed by atoms with Gasteiger partial charge in [0, 0.05) is 13.8 Å². The molecule has 4 aliphatic rings. The largest absolute Gasteiger partial charge is 0.372 e. The molecule has 0 aliphatic carbocycles. The molecule has 0 radical (unpaired) electrons. The van der Waals surface area contributed by atoms with Gasteiger partial charge in [-0.05, 0) is 0 Å². The maximum absolute atomic E-state index is 11.0. The number of hydrogen-bond donors (Lipinski definition) is 0. The van der Waals surface area contributed by atoms with E-state index < -0.39 is 34.6 Å². The third kappa shape index (κ3) is 6.20. The first kappa shape index (κ1) is 24.9. The molecule has 4 saturated heterocycles. The van der Waals surface area contributed by atoms with E-state index in [-0.39, 0.29) is 46.2 Å². The molecule has 0 aromatic rings. The average Bonchev–Trinajstić information content (AvgIpc) is 3.42. The minimum absolute atomic E-state index is 0.0171. The predicted molar refractivity (Wildman–Crippen MR) is 107 cm³/mol. The fourth-order valence-corrected chi connectivity index (χ4v) is 5.77. The van der Waals surface area contributed by atoms with Crippen molar-refractivity contribution in [2.24, 2.45) is 0 Å². The van der Waals surface area contributed by atoms with Crippen molar-refractivity contribution in [2.45, 2.75) is 61.0 Å². The molecule has 8 atom stereocenters. The highest BCUT2D eigenvalue weighted by atomic mass is 32.2. The summed E-state index contributed by atoms with van der Waals surface area (Å²) in [7, 11) is 0. The van der Waals surface area contributed by atoms with Crippen LogP contribution in [0.4, 0.5) is 0 Å². The fraction of sp³-hybridized carbons (Fsp3) is 0.875. The highest BCUT2D eigenvalue weighted by Gasteiger charge is 2.51. The molecular weight excluding hydrogens is 476 g/mol. The van der Waals surface area contributed by atoms with Crippen molar-refractivity contribution in [1.82, 2.24) is 0 Å². The minimum atomic E-state index is -0.842. The molecule has 180 valence electrons. The molecule has 0 spiro atoms. The van der Waals surface area contributed by atoms with Gasteiger partial charge in [0.2, 0.25) is 0 Å². The Morgan fingerprint density at radius 3 is 1.38 bits per heavy atom. The Kier molecular flexibility index (Phi) is 8.51. The van der Waals surface area contributed by atoms with Crippen LogP contribution >= 0.6 is 23.5 Å². The number of ether oxygens (including phenoxy) is 4. The van der Waals surface area contributed by atoms with Gasteiger partial charge in [-0.15, -0.1) is 20.2 Å². The summed E-state index contributed by atoms with van der Waals surface area (Å²) in [6, 6.07) is 0. The second-order valence-corrected chi connectivity index (χ2v) is 10.1. The fourth-order valence-electron chi connectivity index (χ4n) is 3.89. The molecule has 0 unspecified atom stereocenters. The lowest BCUT2D eigenvalue weighted by molar-refractivity contribution is -0.769. The zero-order valence-corrected chi connectivity index (χ0v) is 18.7. The Morgan fingerprint density at radius 2 is 1.06 bits per heavy atom. The number of carbonyl (C=O) groups excluding carboxylic acids is 2. The van der Waals surface area contributed by atoms with E-state index >= 15 is 0 Å². The maximum atomic E-state index is 11.0. The van der Waals surface area contributed by atoms with Crippen LogP contribution in [-0.2, 0) is 38.2 Å². The molecule has 32 heavy (non-hydrogen) atoms. The van der Waals surface area contributed by atoms with Gasteiger partial charge >= 0.3 is 0 Å². The normalized spacial score (nSPS) is 37.1. The van der Waals surface area contributed by atoms with Gasteiger partial charge in [0.15, 0.2) is 22.4 Å². The van der Waals surface area contributed by atoms with Crippen LogP contribution in [-0.4, -0.2) is 94.0 Å². The third-order valence-corrected chi connectivity index (χ3v) is 7.08. The Labute approximate surface area is 190 Å². The number of thioether (sulfide) groups is 2. The molecule has 0 aromatic carbocycles. The van der Waals surface area contributed by atoms with Crippen LogP contribution in [0.2, 0.25) is 0 Å². The lowest BCUT2D eigenvalue weighted by Crippen LogP contribution is -2.33. The van der Waals surface area contributed by atoms with Crippen LogP contribution in [0.15, 0.2) is 0 Å². The van der Waals surface area contributed by atoms with E-state index in [1.807, 2.05) is 0 Å². The molecule has 0 bridgehead atoms. The molecule has 4 aliphatic heterocycles. The van der Waals surface area contributed by atoms with Crippen molar-refractivity contribution >= 4 is 33.8 Å². The van der Waals surface area contributed by atoms with Gasteiger partial charge in [0.1, 0.15) is 24.4 Å². The van der Waals surface area contributed by atoms with E-state index in [0.717, 1.165) is 23.5 Å². The number of hydrogen-bond acceptors (Lipinski definition) is 14. The van der Waals surface area contributed by atoms with Gasteiger partial charge in [-0.1, -0.05) is 23.5 Å². The van der Waals surface area contributed by atoms with Crippen molar-refractivity contribution < 1.29 is 48.4 Å². The summed E-state index contributed by atoms with van der Waals surface area (Å²) in [4.78, 5) is 51.3. The quantitative estimate of drug-likeness (QED) is 0.353. The predicted octanol–water partition coefficient (Wildman–Crippen LogP) is 0.0184. The average molecular weight is 498 g/mol. The molecule has 16 heteroatoms. The minimum Gasteiger partial charge on any atom is -0.372 e. The lowest BCUT2D eigenvalue weighted by Gasteiger charge is -2.14. The Hall–Kier alpha value is -1.72. The Bertz CT molecular complexity index is 622. The van der Waals surface area contributed by atoms with Crippen LogP contribution in [0.1, 0.15) is 13.8 Å². The molecule has 0 saturated carbocycles. The Balaban J connectivity index is 0.000000181. The summed E-state index contributed by atoms with van der Waals surface area (Å²) in [6.07, 6.45) is -2.84. The van der Waals surface area contributed by atoms with Gasteiger partial charge in [-0.2, -0.15) is 0 Å². The van der Waals surface area contributed by atoms with Crippen LogP contribution in [0.5, 0.6) is 0 Å². The molecule has 4 heterocycles. The summed E-state index contributed by atoms with van der Waals surface area (Å²) >= 11 is 2.29. The zero-order chi connectivity index (χ0) is 23.4. The monoisotopic (exact) mass is 498 g/mol. The van der Waals surface area contributed by atoms with E-state index in [0.29, 0.717) is 13.2 Å². The first-order valence-corrected chi connectivity index (χ1v) is 11.3. The molecule has 4 fully saturated rings. The molecule has 0 N–H and O–H groups in total. The molecule has 0 amide bonds. The second-order valence-electron chi connectivity index (χ2n) is 7.22. The van der Waals surface area contributed by atoms with Crippen LogP contribution in [0, 0.1) is 20.2 Å². The summed E-state index contributed by atoms with van der Waals surface area (Å²) in [6.45, 7) is 3.92. The van der Waals surface area contributed by atoms with Crippen molar-refractivity contribution in [2.75, 3.05) is 26.4 Å². The van der Waals surface area contributed by atoms with E-state index in [9.17, 15) is 29.8 Å². The summed E-state index contributed by atoms with van der Waals surface area (Å²) in [5.41, 5.74) is 0. The van der Waals surface area contributed by atoms with Crippen molar-refractivity contribution in [3.63, 3.8) is 0 Å².